The summed E-state index contributed by atoms with van der Waals surface area (Å²) >= 11 is 0. The summed E-state index contributed by atoms with van der Waals surface area (Å²) in [6, 6.07) is -0.0677. The van der Waals surface area contributed by atoms with Crippen molar-refractivity contribution in [2.24, 2.45) is 0 Å². The van der Waals surface area contributed by atoms with E-state index in [4.69, 9.17) is 0 Å². The van der Waals surface area contributed by atoms with Crippen LogP contribution in [0.15, 0.2) is 11.2 Å². The van der Waals surface area contributed by atoms with Crippen LogP contribution in [0.25, 0.3) is 0 Å². The maximum Gasteiger partial charge on any atom is 0.258 e. The highest BCUT2D eigenvalue weighted by molar-refractivity contribution is 7.89. The summed E-state index contributed by atoms with van der Waals surface area (Å²) in [6.45, 7) is 7.28. The van der Waals surface area contributed by atoms with E-state index in [1.807, 2.05) is 13.8 Å². The third kappa shape index (κ3) is 5.22. The lowest BCUT2D eigenvalue weighted by molar-refractivity contribution is 0.523. The molecular weight excluding hydrogens is 276 g/mol. The number of aromatic nitrogens is 2. The SMILES string of the molecule is CCCCCC(C)NS(=O)(=O)c1[nH]ncc1CNCC. The van der Waals surface area contributed by atoms with E-state index < -0.39 is 10.0 Å². The Morgan fingerprint density at radius 1 is 1.35 bits per heavy atom. The van der Waals surface area contributed by atoms with Gasteiger partial charge in [-0.15, -0.1) is 0 Å². The van der Waals surface area contributed by atoms with E-state index in [0.29, 0.717) is 12.1 Å². The molecule has 1 aromatic heterocycles. The molecule has 1 atom stereocenters. The van der Waals surface area contributed by atoms with Gasteiger partial charge in [-0.25, -0.2) is 13.1 Å². The van der Waals surface area contributed by atoms with E-state index in [-0.39, 0.29) is 11.1 Å². The standard InChI is InChI=1S/C13H26N4O2S/c1-4-6-7-8-11(3)17-20(18,19)13-12(9-14-5-2)10-15-16-13/h10-11,14,17H,4-9H2,1-3H3,(H,15,16). The second-order valence-corrected chi connectivity index (χ2v) is 6.67. The number of aromatic amines is 1. The predicted molar refractivity (Wildman–Crippen MR) is 79.9 cm³/mol. The summed E-state index contributed by atoms with van der Waals surface area (Å²) in [5.41, 5.74) is 0.667. The van der Waals surface area contributed by atoms with Crippen LogP contribution < -0.4 is 10.0 Å². The van der Waals surface area contributed by atoms with Gasteiger partial charge in [0.1, 0.15) is 0 Å². The maximum absolute atomic E-state index is 12.3. The third-order valence-corrected chi connectivity index (χ3v) is 4.71. The van der Waals surface area contributed by atoms with Crippen molar-refractivity contribution in [1.29, 1.82) is 0 Å². The molecule has 20 heavy (non-hydrogen) atoms. The molecule has 0 amide bonds. The molecule has 7 heteroatoms. The first-order valence-electron chi connectivity index (χ1n) is 7.26. The second-order valence-electron chi connectivity index (χ2n) is 5.02. The molecule has 116 valence electrons. The fourth-order valence-electron chi connectivity index (χ4n) is 2.00. The van der Waals surface area contributed by atoms with E-state index in [1.54, 1.807) is 6.20 Å². The number of nitrogens with one attached hydrogen (secondary N) is 3. The van der Waals surface area contributed by atoms with Crippen molar-refractivity contribution in [3.63, 3.8) is 0 Å². The molecule has 0 saturated carbocycles. The molecule has 0 spiro atoms. The fourth-order valence-corrected chi connectivity index (χ4v) is 3.41. The van der Waals surface area contributed by atoms with Crippen LogP contribution in [0.2, 0.25) is 0 Å². The average molecular weight is 302 g/mol. The molecule has 0 bridgehead atoms. The summed E-state index contributed by atoms with van der Waals surface area (Å²) in [5.74, 6) is 0. The van der Waals surface area contributed by atoms with Gasteiger partial charge < -0.3 is 5.32 Å². The van der Waals surface area contributed by atoms with Gasteiger partial charge in [-0.3, -0.25) is 5.10 Å². The molecule has 0 saturated heterocycles. The Labute approximate surface area is 121 Å². The number of sulfonamides is 1. The minimum absolute atomic E-state index is 0.0677. The molecule has 0 aliphatic carbocycles. The van der Waals surface area contributed by atoms with Gasteiger partial charge in [0, 0.05) is 18.2 Å². The van der Waals surface area contributed by atoms with Gasteiger partial charge in [0.2, 0.25) is 0 Å². The lowest BCUT2D eigenvalue weighted by atomic mass is 10.1. The fraction of sp³-hybridized carbons (Fsp3) is 0.769. The van der Waals surface area contributed by atoms with E-state index in [9.17, 15) is 8.42 Å². The Morgan fingerprint density at radius 2 is 2.10 bits per heavy atom. The smallest absolute Gasteiger partial charge is 0.258 e. The van der Waals surface area contributed by atoms with Crippen molar-refractivity contribution in [1.82, 2.24) is 20.2 Å². The molecule has 1 heterocycles. The highest BCUT2D eigenvalue weighted by Crippen LogP contribution is 2.13. The van der Waals surface area contributed by atoms with Crippen molar-refractivity contribution in [2.45, 2.75) is 64.1 Å². The summed E-state index contributed by atoms with van der Waals surface area (Å²) in [7, 11) is -3.52. The van der Waals surface area contributed by atoms with Crippen LogP contribution in [-0.2, 0) is 16.6 Å². The number of H-pyrrole nitrogens is 1. The van der Waals surface area contributed by atoms with E-state index in [0.717, 1.165) is 32.2 Å². The highest BCUT2D eigenvalue weighted by Gasteiger charge is 2.22. The van der Waals surface area contributed by atoms with Gasteiger partial charge in [-0.2, -0.15) is 5.10 Å². The lowest BCUT2D eigenvalue weighted by Gasteiger charge is -2.14. The molecule has 0 radical (unpaired) electrons. The van der Waals surface area contributed by atoms with E-state index >= 15 is 0 Å². The van der Waals surface area contributed by atoms with Crippen LogP contribution in [0.5, 0.6) is 0 Å². The Bertz CT molecular complexity index is 484. The molecule has 1 rings (SSSR count). The molecular formula is C13H26N4O2S. The van der Waals surface area contributed by atoms with Gasteiger partial charge in [0.15, 0.2) is 5.03 Å². The Hall–Kier alpha value is -0.920. The van der Waals surface area contributed by atoms with Crippen LogP contribution in [0.1, 0.15) is 52.0 Å². The number of unbranched alkanes of at least 4 members (excludes halogenated alkanes) is 2. The zero-order valence-electron chi connectivity index (χ0n) is 12.6. The first-order valence-corrected chi connectivity index (χ1v) is 8.74. The monoisotopic (exact) mass is 302 g/mol. The van der Waals surface area contributed by atoms with E-state index in [1.165, 1.54) is 0 Å². The zero-order valence-corrected chi connectivity index (χ0v) is 13.4. The molecule has 0 aromatic carbocycles. The molecule has 0 aliphatic rings. The summed E-state index contributed by atoms with van der Waals surface area (Å²) < 4.78 is 27.3. The topological polar surface area (TPSA) is 86.9 Å². The predicted octanol–water partition coefficient (Wildman–Crippen LogP) is 1.77. The molecule has 0 fully saturated rings. The second kappa shape index (κ2) is 8.39. The van der Waals surface area contributed by atoms with Gasteiger partial charge in [0.25, 0.3) is 10.0 Å². The number of hydrogen-bond donors (Lipinski definition) is 3. The Kier molecular flexibility index (Phi) is 7.18. The minimum Gasteiger partial charge on any atom is -0.313 e. The van der Waals surface area contributed by atoms with Gasteiger partial charge in [0.05, 0.1) is 6.20 Å². The molecule has 6 nitrogen and oxygen atoms in total. The Balaban J connectivity index is 2.66. The zero-order chi connectivity index (χ0) is 15.0. The molecule has 0 aliphatic heterocycles. The van der Waals surface area contributed by atoms with Crippen molar-refractivity contribution in [3.8, 4) is 0 Å². The maximum atomic E-state index is 12.3. The normalized spacial score (nSPS) is 13.6. The highest BCUT2D eigenvalue weighted by atomic mass is 32.2. The van der Waals surface area contributed by atoms with Gasteiger partial charge >= 0.3 is 0 Å². The summed E-state index contributed by atoms with van der Waals surface area (Å²) in [5, 5.41) is 9.70. The van der Waals surface area contributed by atoms with Crippen molar-refractivity contribution in [2.75, 3.05) is 6.54 Å². The van der Waals surface area contributed by atoms with Crippen LogP contribution in [-0.4, -0.2) is 31.2 Å². The first-order chi connectivity index (χ1) is 9.51. The summed E-state index contributed by atoms with van der Waals surface area (Å²) in [4.78, 5) is 0. The van der Waals surface area contributed by atoms with E-state index in [2.05, 4.69) is 27.2 Å². The van der Waals surface area contributed by atoms with Crippen molar-refractivity contribution in [3.05, 3.63) is 11.8 Å². The van der Waals surface area contributed by atoms with Crippen molar-refractivity contribution < 1.29 is 8.42 Å². The van der Waals surface area contributed by atoms with Crippen LogP contribution in [0.3, 0.4) is 0 Å². The minimum atomic E-state index is -3.52. The van der Waals surface area contributed by atoms with Crippen LogP contribution in [0.4, 0.5) is 0 Å². The molecule has 1 aromatic rings. The lowest BCUT2D eigenvalue weighted by Crippen LogP contribution is -2.33. The number of hydrogen-bond acceptors (Lipinski definition) is 4. The Morgan fingerprint density at radius 3 is 2.75 bits per heavy atom. The van der Waals surface area contributed by atoms with Crippen molar-refractivity contribution >= 4 is 10.0 Å². The largest absolute Gasteiger partial charge is 0.313 e. The van der Waals surface area contributed by atoms with Crippen LogP contribution in [0, 0.1) is 0 Å². The van der Waals surface area contributed by atoms with Crippen LogP contribution >= 0.6 is 0 Å². The molecule has 3 N–H and O–H groups in total. The third-order valence-electron chi connectivity index (χ3n) is 3.11. The average Bonchev–Trinajstić information content (AvgIpc) is 2.85. The quantitative estimate of drug-likeness (QED) is 0.575. The van der Waals surface area contributed by atoms with Gasteiger partial charge in [-0.1, -0.05) is 33.1 Å². The number of rotatable bonds is 10. The molecule has 1 unspecified atom stereocenters. The summed E-state index contributed by atoms with van der Waals surface area (Å²) in [6.07, 6.45) is 5.70. The number of nitrogens with zero attached hydrogens (tertiary/aromatic N) is 1. The first kappa shape index (κ1) is 17.1. The van der Waals surface area contributed by atoms with Gasteiger partial charge in [-0.05, 0) is 19.9 Å².